The Morgan fingerprint density at radius 1 is 0.375 bits per heavy atom. The van der Waals surface area contributed by atoms with Gasteiger partial charge in [-0.25, -0.2) is 0 Å². The van der Waals surface area contributed by atoms with Crippen LogP contribution in [0, 0.1) is 11.8 Å². The highest BCUT2D eigenvalue weighted by molar-refractivity contribution is 4.61. The maximum absolute atomic E-state index is 2.82. The molecule has 1 heteroatoms. The Bertz CT molecular complexity index is 313. The molecule has 0 atom stereocenters. The normalized spacial score (nSPS) is 12.0. The molecular weight excluding hydrogens is 386 g/mol. The molecular formula is C31H65N. The fourth-order valence-corrected chi connectivity index (χ4v) is 4.82. The van der Waals surface area contributed by atoms with Gasteiger partial charge in [0.2, 0.25) is 0 Å². The summed E-state index contributed by atoms with van der Waals surface area (Å²) in [6, 6.07) is 0. The Morgan fingerprint density at radius 2 is 0.656 bits per heavy atom. The third-order valence-corrected chi connectivity index (χ3v) is 7.09. The lowest BCUT2D eigenvalue weighted by molar-refractivity contribution is 0.254. The van der Waals surface area contributed by atoms with Crippen molar-refractivity contribution in [3.05, 3.63) is 0 Å². The average Bonchev–Trinajstić information content (AvgIpc) is 2.75. The quantitative estimate of drug-likeness (QED) is 0.118. The molecule has 1 nitrogen and oxygen atoms in total. The zero-order chi connectivity index (χ0) is 23.7. The highest BCUT2D eigenvalue weighted by atomic mass is 15.1. The van der Waals surface area contributed by atoms with Crippen molar-refractivity contribution >= 4 is 0 Å². The summed E-state index contributed by atoms with van der Waals surface area (Å²) in [4.78, 5) is 2.82. The smallest absolute Gasteiger partial charge is 0.00187 e. The number of hydrogen-bond acceptors (Lipinski definition) is 1. The van der Waals surface area contributed by atoms with Crippen LogP contribution in [-0.2, 0) is 0 Å². The van der Waals surface area contributed by atoms with E-state index in [0.29, 0.717) is 0 Å². The molecule has 0 aliphatic heterocycles. The summed E-state index contributed by atoms with van der Waals surface area (Å²) in [7, 11) is 0. The number of rotatable bonds is 26. The predicted octanol–water partition coefficient (Wildman–Crippen LogP) is 10.8. The molecule has 0 radical (unpaired) electrons. The van der Waals surface area contributed by atoms with E-state index in [2.05, 4.69) is 39.5 Å². The van der Waals surface area contributed by atoms with E-state index in [4.69, 9.17) is 0 Å². The van der Waals surface area contributed by atoms with Gasteiger partial charge in [-0.1, -0.05) is 150 Å². The van der Waals surface area contributed by atoms with E-state index < -0.39 is 0 Å². The third-order valence-electron chi connectivity index (χ3n) is 7.09. The minimum atomic E-state index is 0.882. The van der Waals surface area contributed by atoms with Crippen LogP contribution in [0.3, 0.4) is 0 Å². The van der Waals surface area contributed by atoms with Crippen molar-refractivity contribution < 1.29 is 0 Å². The summed E-state index contributed by atoms with van der Waals surface area (Å²) in [6.45, 7) is 15.8. The van der Waals surface area contributed by atoms with Crippen LogP contribution in [-0.4, -0.2) is 24.5 Å². The van der Waals surface area contributed by atoms with Crippen molar-refractivity contribution in [3.63, 3.8) is 0 Å². The number of hydrogen-bond donors (Lipinski definition) is 0. The van der Waals surface area contributed by atoms with Gasteiger partial charge in [0.15, 0.2) is 0 Å². The van der Waals surface area contributed by atoms with Crippen molar-refractivity contribution in [1.29, 1.82) is 0 Å². The van der Waals surface area contributed by atoms with Gasteiger partial charge in [-0.3, -0.25) is 0 Å². The highest BCUT2D eigenvalue weighted by Gasteiger charge is 2.05. The summed E-state index contributed by atoms with van der Waals surface area (Å²) in [6.07, 6.45) is 30.3. The third kappa shape index (κ3) is 26.2. The lowest BCUT2D eigenvalue weighted by Gasteiger charge is -2.22. The topological polar surface area (TPSA) is 3.24 Å². The van der Waals surface area contributed by atoms with Crippen LogP contribution >= 0.6 is 0 Å². The summed E-state index contributed by atoms with van der Waals surface area (Å²) in [5.41, 5.74) is 0. The van der Waals surface area contributed by atoms with E-state index in [9.17, 15) is 0 Å². The summed E-state index contributed by atoms with van der Waals surface area (Å²) < 4.78 is 0. The van der Waals surface area contributed by atoms with Gasteiger partial charge in [0.05, 0.1) is 0 Å². The Morgan fingerprint density at radius 3 is 0.969 bits per heavy atom. The maximum atomic E-state index is 2.82. The van der Waals surface area contributed by atoms with Crippen molar-refractivity contribution in [1.82, 2.24) is 4.90 Å². The van der Waals surface area contributed by atoms with E-state index in [1.54, 1.807) is 0 Å². The van der Waals surface area contributed by atoms with Gasteiger partial charge >= 0.3 is 0 Å². The largest absolute Gasteiger partial charge is 0.303 e. The van der Waals surface area contributed by atoms with Gasteiger partial charge in [-0.2, -0.15) is 0 Å². The molecule has 0 N–H and O–H groups in total. The molecule has 0 heterocycles. The van der Waals surface area contributed by atoms with Gasteiger partial charge in [0, 0.05) is 0 Å². The van der Waals surface area contributed by atoms with Crippen LogP contribution in [0.4, 0.5) is 0 Å². The SMILES string of the molecule is CCCCCCCCCCCN(CCCCCCCC(C)C)CCCCCCCC(C)C. The zero-order valence-electron chi connectivity index (χ0n) is 23.6. The van der Waals surface area contributed by atoms with Gasteiger partial charge in [0.25, 0.3) is 0 Å². The van der Waals surface area contributed by atoms with Gasteiger partial charge in [-0.05, 0) is 50.7 Å². The van der Waals surface area contributed by atoms with Crippen LogP contribution < -0.4 is 0 Å². The predicted molar refractivity (Wildman–Crippen MR) is 149 cm³/mol. The Balaban J connectivity index is 3.88. The van der Waals surface area contributed by atoms with Crippen LogP contribution in [0.25, 0.3) is 0 Å². The van der Waals surface area contributed by atoms with Crippen molar-refractivity contribution in [2.75, 3.05) is 19.6 Å². The van der Waals surface area contributed by atoms with Crippen molar-refractivity contribution in [2.45, 2.75) is 169 Å². The second-order valence-electron chi connectivity index (χ2n) is 11.6. The van der Waals surface area contributed by atoms with E-state index in [1.807, 2.05) is 0 Å². The average molecular weight is 452 g/mol. The molecule has 0 bridgehead atoms. The van der Waals surface area contributed by atoms with E-state index in [-0.39, 0.29) is 0 Å². The van der Waals surface area contributed by atoms with Crippen molar-refractivity contribution in [2.24, 2.45) is 11.8 Å². The van der Waals surface area contributed by atoms with Crippen LogP contribution in [0.1, 0.15) is 169 Å². The van der Waals surface area contributed by atoms with Gasteiger partial charge in [0.1, 0.15) is 0 Å². The van der Waals surface area contributed by atoms with Crippen LogP contribution in [0.5, 0.6) is 0 Å². The molecule has 0 aromatic rings. The Kier molecular flexibility index (Phi) is 25.5. The second-order valence-corrected chi connectivity index (χ2v) is 11.6. The molecule has 0 aromatic carbocycles. The summed E-state index contributed by atoms with van der Waals surface area (Å²) in [5, 5.41) is 0. The number of unbranched alkanes of at least 4 members (excludes halogenated alkanes) is 16. The zero-order valence-corrected chi connectivity index (χ0v) is 23.6. The lowest BCUT2D eigenvalue weighted by atomic mass is 10.0. The second kappa shape index (κ2) is 25.6. The van der Waals surface area contributed by atoms with Crippen molar-refractivity contribution in [3.8, 4) is 0 Å². The summed E-state index contributed by atoms with van der Waals surface area (Å²) in [5.74, 6) is 1.76. The molecule has 0 fully saturated rings. The molecule has 32 heavy (non-hydrogen) atoms. The minimum absolute atomic E-state index is 0.882. The molecule has 0 aromatic heterocycles. The Hall–Kier alpha value is -0.0400. The molecule has 0 saturated heterocycles. The molecule has 0 rings (SSSR count). The fourth-order valence-electron chi connectivity index (χ4n) is 4.82. The van der Waals surface area contributed by atoms with Crippen LogP contribution in [0.15, 0.2) is 0 Å². The first-order valence-corrected chi connectivity index (χ1v) is 15.3. The van der Waals surface area contributed by atoms with E-state index in [1.165, 1.54) is 154 Å². The first-order chi connectivity index (χ1) is 15.6. The Labute approximate surface area is 205 Å². The van der Waals surface area contributed by atoms with Gasteiger partial charge in [-0.15, -0.1) is 0 Å². The minimum Gasteiger partial charge on any atom is -0.303 e. The standard InChI is InChI=1S/C31H65N/c1-6-7-8-9-10-11-12-17-22-27-32(28-23-18-13-15-20-25-30(2)3)29-24-19-14-16-21-26-31(4)5/h30-31H,6-29H2,1-5H3. The van der Waals surface area contributed by atoms with Gasteiger partial charge < -0.3 is 4.90 Å². The first-order valence-electron chi connectivity index (χ1n) is 15.3. The van der Waals surface area contributed by atoms with E-state index in [0.717, 1.165) is 11.8 Å². The molecule has 0 amide bonds. The highest BCUT2D eigenvalue weighted by Crippen LogP contribution is 2.14. The lowest BCUT2D eigenvalue weighted by Crippen LogP contribution is -2.27. The monoisotopic (exact) mass is 452 g/mol. The fraction of sp³-hybridized carbons (Fsp3) is 1.00. The molecule has 0 aliphatic carbocycles. The molecule has 0 spiro atoms. The summed E-state index contributed by atoms with van der Waals surface area (Å²) >= 11 is 0. The molecule has 194 valence electrons. The molecule has 0 unspecified atom stereocenters. The first kappa shape index (κ1) is 32.0. The van der Waals surface area contributed by atoms with E-state index >= 15 is 0 Å². The molecule has 0 saturated carbocycles. The molecule has 0 aliphatic rings. The number of nitrogens with zero attached hydrogens (tertiary/aromatic N) is 1. The maximum Gasteiger partial charge on any atom is -0.00187 e. The van der Waals surface area contributed by atoms with Crippen LogP contribution in [0.2, 0.25) is 0 Å².